The number of anilines is 1. The van der Waals surface area contributed by atoms with Gasteiger partial charge in [-0.15, -0.1) is 0 Å². The second kappa shape index (κ2) is 5.23. The van der Waals surface area contributed by atoms with Crippen LogP contribution in [0.5, 0.6) is 0 Å². The van der Waals surface area contributed by atoms with E-state index in [1.165, 1.54) is 18.5 Å². The van der Waals surface area contributed by atoms with Gasteiger partial charge in [0.2, 0.25) is 0 Å². The fraction of sp³-hybridized carbons (Fsp3) is 0.333. The van der Waals surface area contributed by atoms with Crippen molar-refractivity contribution in [2.24, 2.45) is 0 Å². The Morgan fingerprint density at radius 2 is 2.33 bits per heavy atom. The molecule has 0 bridgehead atoms. The first kappa shape index (κ1) is 11.4. The summed E-state index contributed by atoms with van der Waals surface area (Å²) < 4.78 is 23.7. The highest BCUT2D eigenvalue weighted by Gasteiger charge is 2.11. The number of nitrogens with zero attached hydrogens (tertiary/aromatic N) is 1. The van der Waals surface area contributed by atoms with Crippen LogP contribution in [0, 0.1) is 0 Å². The molecule has 0 spiro atoms. The van der Waals surface area contributed by atoms with Crippen molar-refractivity contribution in [1.29, 1.82) is 0 Å². The quantitative estimate of drug-likeness (QED) is 0.791. The van der Waals surface area contributed by atoms with E-state index in [1.54, 1.807) is 7.05 Å². The first-order chi connectivity index (χ1) is 7.15. The Balaban J connectivity index is 2.72. The Kier molecular flexibility index (Phi) is 3.96. The van der Waals surface area contributed by atoms with Crippen LogP contribution in [-0.4, -0.2) is 30.9 Å². The predicted molar refractivity (Wildman–Crippen MR) is 52.1 cm³/mol. The van der Waals surface area contributed by atoms with Crippen molar-refractivity contribution in [2.45, 2.75) is 6.43 Å². The van der Waals surface area contributed by atoms with Crippen molar-refractivity contribution in [3.8, 4) is 0 Å². The molecule has 4 nitrogen and oxygen atoms in total. The number of carbonyl (C=O) groups excluding carboxylic acids is 1. The zero-order chi connectivity index (χ0) is 11.3. The monoisotopic (exact) mass is 215 g/mol. The summed E-state index contributed by atoms with van der Waals surface area (Å²) in [6.45, 7) is -0.649. The van der Waals surface area contributed by atoms with Crippen LogP contribution in [-0.2, 0) is 0 Å². The van der Waals surface area contributed by atoms with Gasteiger partial charge in [-0.1, -0.05) is 0 Å². The van der Waals surface area contributed by atoms with Crippen molar-refractivity contribution < 1.29 is 13.6 Å². The van der Waals surface area contributed by atoms with Gasteiger partial charge in [0, 0.05) is 13.2 Å². The Morgan fingerprint density at radius 3 is 2.93 bits per heavy atom. The van der Waals surface area contributed by atoms with E-state index in [4.69, 9.17) is 0 Å². The topological polar surface area (TPSA) is 54.0 Å². The first-order valence-corrected chi connectivity index (χ1v) is 4.33. The SMILES string of the molecule is CNc1cnccc1C(=O)NCC(F)F. The lowest BCUT2D eigenvalue weighted by Gasteiger charge is -2.08. The average Bonchev–Trinajstić information content (AvgIpc) is 2.25. The maximum Gasteiger partial charge on any atom is 0.255 e. The van der Waals surface area contributed by atoms with Crippen molar-refractivity contribution in [2.75, 3.05) is 18.9 Å². The van der Waals surface area contributed by atoms with Crippen LogP contribution in [0.1, 0.15) is 10.4 Å². The van der Waals surface area contributed by atoms with E-state index in [0.29, 0.717) is 11.3 Å². The maximum atomic E-state index is 11.9. The van der Waals surface area contributed by atoms with E-state index in [-0.39, 0.29) is 0 Å². The van der Waals surface area contributed by atoms with Crippen molar-refractivity contribution >= 4 is 11.6 Å². The summed E-state index contributed by atoms with van der Waals surface area (Å²) in [7, 11) is 1.63. The number of rotatable bonds is 4. The number of carbonyl (C=O) groups is 1. The summed E-state index contributed by atoms with van der Waals surface area (Å²) in [5.74, 6) is -0.540. The van der Waals surface area contributed by atoms with Gasteiger partial charge in [0.25, 0.3) is 12.3 Å². The van der Waals surface area contributed by atoms with E-state index in [9.17, 15) is 13.6 Å². The molecule has 1 aromatic heterocycles. The zero-order valence-electron chi connectivity index (χ0n) is 8.13. The second-order valence-corrected chi connectivity index (χ2v) is 2.77. The Bertz CT molecular complexity index is 344. The van der Waals surface area contributed by atoms with Gasteiger partial charge < -0.3 is 10.6 Å². The van der Waals surface area contributed by atoms with Crippen molar-refractivity contribution in [3.05, 3.63) is 24.0 Å². The summed E-state index contributed by atoms with van der Waals surface area (Å²) in [5, 5.41) is 4.87. The minimum Gasteiger partial charge on any atom is -0.386 e. The van der Waals surface area contributed by atoms with Crippen LogP contribution >= 0.6 is 0 Å². The fourth-order valence-corrected chi connectivity index (χ4v) is 1.06. The molecular weight excluding hydrogens is 204 g/mol. The maximum absolute atomic E-state index is 11.9. The number of nitrogens with one attached hydrogen (secondary N) is 2. The number of pyridine rings is 1. The summed E-state index contributed by atoms with van der Waals surface area (Å²) in [6.07, 6.45) is 0.337. The number of amides is 1. The highest BCUT2D eigenvalue weighted by Crippen LogP contribution is 2.11. The van der Waals surface area contributed by atoms with Crippen LogP contribution in [0.4, 0.5) is 14.5 Å². The number of hydrogen-bond acceptors (Lipinski definition) is 3. The van der Waals surface area contributed by atoms with E-state index < -0.39 is 18.9 Å². The molecule has 0 atom stereocenters. The first-order valence-electron chi connectivity index (χ1n) is 4.33. The predicted octanol–water partition coefficient (Wildman–Crippen LogP) is 1.12. The Labute approximate surface area is 85.7 Å². The molecule has 0 aromatic carbocycles. The summed E-state index contributed by atoms with van der Waals surface area (Å²) in [4.78, 5) is 15.2. The third-order valence-corrected chi connectivity index (χ3v) is 1.75. The van der Waals surface area contributed by atoms with Gasteiger partial charge in [0.15, 0.2) is 0 Å². The van der Waals surface area contributed by atoms with Crippen LogP contribution in [0.15, 0.2) is 18.5 Å². The molecule has 0 unspecified atom stereocenters. The summed E-state index contributed by atoms with van der Waals surface area (Å²) in [6, 6.07) is 1.46. The minimum atomic E-state index is -2.55. The molecule has 0 fully saturated rings. The number of aromatic nitrogens is 1. The minimum absolute atomic E-state index is 0.299. The highest BCUT2D eigenvalue weighted by molar-refractivity contribution is 5.99. The molecule has 0 aliphatic rings. The Hall–Kier alpha value is -1.72. The molecule has 0 saturated carbocycles. The number of halogens is 2. The molecule has 82 valence electrons. The van der Waals surface area contributed by atoms with Crippen LogP contribution in [0.25, 0.3) is 0 Å². The summed E-state index contributed by atoms with van der Waals surface area (Å²) >= 11 is 0. The van der Waals surface area contributed by atoms with E-state index in [0.717, 1.165) is 0 Å². The molecule has 1 heterocycles. The molecule has 0 aliphatic heterocycles. The zero-order valence-corrected chi connectivity index (χ0v) is 8.13. The van der Waals surface area contributed by atoms with Crippen LogP contribution < -0.4 is 10.6 Å². The molecule has 0 radical (unpaired) electrons. The van der Waals surface area contributed by atoms with E-state index in [2.05, 4.69) is 15.6 Å². The standard InChI is InChI=1S/C9H11F2N3O/c1-12-7-4-13-3-2-6(7)9(15)14-5-8(10)11/h2-4,8,12H,5H2,1H3,(H,14,15). The van der Waals surface area contributed by atoms with Gasteiger partial charge in [-0.25, -0.2) is 8.78 Å². The van der Waals surface area contributed by atoms with Gasteiger partial charge in [0.05, 0.1) is 24.0 Å². The third kappa shape index (κ3) is 3.16. The van der Waals surface area contributed by atoms with Crippen molar-refractivity contribution in [1.82, 2.24) is 10.3 Å². The smallest absolute Gasteiger partial charge is 0.255 e. The molecular formula is C9H11F2N3O. The lowest BCUT2D eigenvalue weighted by molar-refractivity contribution is 0.0892. The Morgan fingerprint density at radius 1 is 1.60 bits per heavy atom. The van der Waals surface area contributed by atoms with Crippen molar-refractivity contribution in [3.63, 3.8) is 0 Å². The fourth-order valence-electron chi connectivity index (χ4n) is 1.06. The lowest BCUT2D eigenvalue weighted by Crippen LogP contribution is -2.29. The normalized spacial score (nSPS) is 10.1. The molecule has 0 aliphatic carbocycles. The molecule has 6 heteroatoms. The average molecular weight is 215 g/mol. The van der Waals surface area contributed by atoms with Crippen LogP contribution in [0.2, 0.25) is 0 Å². The van der Waals surface area contributed by atoms with Gasteiger partial charge in [0.1, 0.15) is 0 Å². The second-order valence-electron chi connectivity index (χ2n) is 2.77. The lowest BCUT2D eigenvalue weighted by atomic mass is 10.2. The summed E-state index contributed by atoms with van der Waals surface area (Å²) in [5.41, 5.74) is 0.803. The molecule has 1 amide bonds. The van der Waals surface area contributed by atoms with Gasteiger partial charge in [-0.05, 0) is 6.07 Å². The number of hydrogen-bond donors (Lipinski definition) is 2. The molecule has 2 N–H and O–H groups in total. The van der Waals surface area contributed by atoms with Gasteiger partial charge >= 0.3 is 0 Å². The van der Waals surface area contributed by atoms with Gasteiger partial charge in [-0.2, -0.15) is 0 Å². The van der Waals surface area contributed by atoms with E-state index >= 15 is 0 Å². The van der Waals surface area contributed by atoms with Crippen LogP contribution in [0.3, 0.4) is 0 Å². The highest BCUT2D eigenvalue weighted by atomic mass is 19.3. The molecule has 1 aromatic rings. The molecule has 0 saturated heterocycles. The molecule has 15 heavy (non-hydrogen) atoms. The third-order valence-electron chi connectivity index (χ3n) is 1.75. The largest absolute Gasteiger partial charge is 0.386 e. The number of alkyl halides is 2. The molecule has 1 rings (SSSR count). The van der Waals surface area contributed by atoms with Gasteiger partial charge in [-0.3, -0.25) is 9.78 Å². The van der Waals surface area contributed by atoms with E-state index in [1.807, 2.05) is 0 Å².